The van der Waals surface area contributed by atoms with Crippen molar-refractivity contribution in [1.29, 1.82) is 0 Å². The molecule has 0 atom stereocenters. The largest absolute Gasteiger partial charge is 0.381 e. The Morgan fingerprint density at radius 1 is 1.08 bits per heavy atom. The molecule has 0 aliphatic carbocycles. The Labute approximate surface area is 156 Å². The second kappa shape index (κ2) is 7.72. The van der Waals surface area contributed by atoms with Gasteiger partial charge in [-0.15, -0.1) is 11.3 Å². The van der Waals surface area contributed by atoms with Gasteiger partial charge in [-0.25, -0.2) is 4.98 Å². The van der Waals surface area contributed by atoms with Crippen molar-refractivity contribution in [3.8, 4) is 0 Å². The zero-order valence-corrected chi connectivity index (χ0v) is 15.5. The van der Waals surface area contributed by atoms with E-state index >= 15 is 0 Å². The minimum absolute atomic E-state index is 0.0280. The van der Waals surface area contributed by atoms with Crippen molar-refractivity contribution in [2.24, 2.45) is 5.92 Å². The summed E-state index contributed by atoms with van der Waals surface area (Å²) in [6.45, 7) is 3.96. The topological polar surface area (TPSA) is 62.7 Å². The van der Waals surface area contributed by atoms with E-state index < -0.39 is 0 Å². The van der Waals surface area contributed by atoms with E-state index in [2.05, 4.69) is 4.98 Å². The standard InChI is InChI=1S/C19H23N3O3S/c23-18(14-4-10-25-11-5-14)21-6-1-7-22(9-8-21)19(24)15-2-3-17-16(12-15)20-13-26-17/h2-3,12-14H,1,4-11H2. The summed E-state index contributed by atoms with van der Waals surface area (Å²) < 4.78 is 6.44. The first-order valence-electron chi connectivity index (χ1n) is 9.21. The van der Waals surface area contributed by atoms with Gasteiger partial charge in [-0.05, 0) is 37.5 Å². The molecule has 1 aromatic carbocycles. The average molecular weight is 373 g/mol. The number of carbonyl (C=O) groups excluding carboxylic acids is 2. The maximum absolute atomic E-state index is 12.9. The maximum Gasteiger partial charge on any atom is 0.253 e. The average Bonchev–Trinajstić information content (AvgIpc) is 3.02. The molecule has 2 aromatic rings. The predicted octanol–water partition coefficient (Wildman–Crippen LogP) is 2.40. The summed E-state index contributed by atoms with van der Waals surface area (Å²) in [5.41, 5.74) is 3.34. The van der Waals surface area contributed by atoms with Crippen molar-refractivity contribution in [3.63, 3.8) is 0 Å². The molecule has 4 rings (SSSR count). The van der Waals surface area contributed by atoms with E-state index in [4.69, 9.17) is 4.74 Å². The summed E-state index contributed by atoms with van der Waals surface area (Å²) in [6, 6.07) is 5.70. The van der Waals surface area contributed by atoms with E-state index in [-0.39, 0.29) is 17.7 Å². The van der Waals surface area contributed by atoms with Crippen molar-refractivity contribution in [3.05, 3.63) is 29.3 Å². The van der Waals surface area contributed by atoms with E-state index in [1.807, 2.05) is 28.0 Å². The number of fused-ring (bicyclic) bond motifs is 1. The molecule has 2 aliphatic heterocycles. The van der Waals surface area contributed by atoms with E-state index in [0.29, 0.717) is 38.4 Å². The van der Waals surface area contributed by atoms with Crippen molar-refractivity contribution in [2.75, 3.05) is 39.4 Å². The first-order valence-corrected chi connectivity index (χ1v) is 10.1. The molecule has 1 aromatic heterocycles. The van der Waals surface area contributed by atoms with Crippen molar-refractivity contribution < 1.29 is 14.3 Å². The van der Waals surface area contributed by atoms with E-state index in [9.17, 15) is 9.59 Å². The van der Waals surface area contributed by atoms with E-state index in [1.165, 1.54) is 0 Å². The van der Waals surface area contributed by atoms with Crippen LogP contribution in [-0.2, 0) is 9.53 Å². The molecule has 2 saturated heterocycles. The minimum atomic E-state index is 0.0280. The van der Waals surface area contributed by atoms with Crippen LogP contribution in [0.5, 0.6) is 0 Å². The van der Waals surface area contributed by atoms with Crippen LogP contribution >= 0.6 is 11.3 Å². The van der Waals surface area contributed by atoms with Crippen LogP contribution in [0.2, 0.25) is 0 Å². The third-order valence-electron chi connectivity index (χ3n) is 5.24. The number of ether oxygens (including phenoxy) is 1. The zero-order chi connectivity index (χ0) is 17.9. The van der Waals surface area contributed by atoms with Crippen molar-refractivity contribution in [2.45, 2.75) is 19.3 Å². The molecule has 2 aliphatic rings. The fourth-order valence-electron chi connectivity index (χ4n) is 3.72. The number of nitrogens with zero attached hydrogens (tertiary/aromatic N) is 3. The Morgan fingerprint density at radius 3 is 2.69 bits per heavy atom. The van der Waals surface area contributed by atoms with Gasteiger partial charge < -0.3 is 14.5 Å². The summed E-state index contributed by atoms with van der Waals surface area (Å²) in [5.74, 6) is 0.338. The van der Waals surface area contributed by atoms with Crippen molar-refractivity contribution in [1.82, 2.24) is 14.8 Å². The monoisotopic (exact) mass is 373 g/mol. The molecule has 26 heavy (non-hydrogen) atoms. The summed E-state index contributed by atoms with van der Waals surface area (Å²) in [5, 5.41) is 0. The summed E-state index contributed by atoms with van der Waals surface area (Å²) in [6.07, 6.45) is 2.44. The highest BCUT2D eigenvalue weighted by Crippen LogP contribution is 2.21. The molecule has 3 heterocycles. The van der Waals surface area contributed by atoms with Gasteiger partial charge in [0.1, 0.15) is 0 Å². The Hall–Kier alpha value is -1.99. The quantitative estimate of drug-likeness (QED) is 0.811. The highest BCUT2D eigenvalue weighted by Gasteiger charge is 2.28. The molecule has 2 fully saturated rings. The fourth-order valence-corrected chi connectivity index (χ4v) is 4.38. The van der Waals surface area contributed by atoms with Gasteiger partial charge >= 0.3 is 0 Å². The molecule has 7 heteroatoms. The summed E-state index contributed by atoms with van der Waals surface area (Å²) >= 11 is 1.57. The van der Waals surface area contributed by atoms with Crippen LogP contribution in [0.3, 0.4) is 0 Å². The van der Waals surface area contributed by atoms with Crippen LogP contribution in [0.15, 0.2) is 23.7 Å². The molecule has 138 valence electrons. The van der Waals surface area contributed by atoms with E-state index in [0.717, 1.165) is 36.0 Å². The Kier molecular flexibility index (Phi) is 5.17. The molecule has 0 spiro atoms. The first kappa shape index (κ1) is 17.4. The van der Waals surface area contributed by atoms with Gasteiger partial charge in [0.2, 0.25) is 5.91 Å². The summed E-state index contributed by atoms with van der Waals surface area (Å²) in [7, 11) is 0. The van der Waals surface area contributed by atoms with Gasteiger partial charge in [0.25, 0.3) is 5.91 Å². The number of thiazole rings is 1. The Morgan fingerprint density at radius 2 is 1.85 bits per heavy atom. The fraction of sp³-hybridized carbons (Fsp3) is 0.526. The molecule has 0 radical (unpaired) electrons. The maximum atomic E-state index is 12.9. The lowest BCUT2D eigenvalue weighted by molar-refractivity contribution is -0.138. The van der Waals surface area contributed by atoms with E-state index in [1.54, 1.807) is 16.8 Å². The minimum Gasteiger partial charge on any atom is -0.381 e. The number of hydrogen-bond acceptors (Lipinski definition) is 5. The molecule has 6 nitrogen and oxygen atoms in total. The van der Waals surface area contributed by atoms with Gasteiger partial charge in [-0.1, -0.05) is 0 Å². The lowest BCUT2D eigenvalue weighted by atomic mass is 9.98. The third kappa shape index (κ3) is 3.59. The third-order valence-corrected chi connectivity index (χ3v) is 6.05. The van der Waals surface area contributed by atoms with Crippen LogP contribution < -0.4 is 0 Å². The van der Waals surface area contributed by atoms with Gasteiger partial charge in [0, 0.05) is 50.9 Å². The number of rotatable bonds is 2. The van der Waals surface area contributed by atoms with Gasteiger partial charge in [-0.2, -0.15) is 0 Å². The number of amides is 2. The second-order valence-electron chi connectivity index (χ2n) is 6.89. The highest BCUT2D eigenvalue weighted by atomic mass is 32.1. The number of benzene rings is 1. The SMILES string of the molecule is O=C(c1ccc2scnc2c1)N1CCCN(C(=O)C2CCOCC2)CC1. The van der Waals surface area contributed by atoms with Crippen LogP contribution in [0.1, 0.15) is 29.6 Å². The van der Waals surface area contributed by atoms with Gasteiger partial charge in [0.05, 0.1) is 15.7 Å². The van der Waals surface area contributed by atoms with Gasteiger partial charge in [0.15, 0.2) is 0 Å². The predicted molar refractivity (Wildman–Crippen MR) is 100 cm³/mol. The van der Waals surface area contributed by atoms with Crippen LogP contribution in [0, 0.1) is 5.92 Å². The zero-order valence-electron chi connectivity index (χ0n) is 14.7. The molecule has 0 unspecified atom stereocenters. The number of aromatic nitrogens is 1. The molecule has 0 N–H and O–H groups in total. The lowest BCUT2D eigenvalue weighted by Crippen LogP contribution is -2.41. The molecular weight excluding hydrogens is 350 g/mol. The normalized spacial score (nSPS) is 19.5. The summed E-state index contributed by atoms with van der Waals surface area (Å²) in [4.78, 5) is 33.7. The van der Waals surface area contributed by atoms with Crippen molar-refractivity contribution >= 4 is 33.4 Å². The molecule has 2 amide bonds. The Bertz CT molecular complexity index is 800. The van der Waals surface area contributed by atoms with Gasteiger partial charge in [-0.3, -0.25) is 9.59 Å². The molecule has 0 saturated carbocycles. The molecular formula is C19H23N3O3S. The van der Waals surface area contributed by atoms with Crippen LogP contribution in [0.4, 0.5) is 0 Å². The molecule has 0 bridgehead atoms. The highest BCUT2D eigenvalue weighted by molar-refractivity contribution is 7.16. The smallest absolute Gasteiger partial charge is 0.253 e. The Balaban J connectivity index is 1.41. The lowest BCUT2D eigenvalue weighted by Gasteiger charge is -2.28. The van der Waals surface area contributed by atoms with Crippen LogP contribution in [0.25, 0.3) is 10.2 Å². The first-order chi connectivity index (χ1) is 12.7. The second-order valence-corrected chi connectivity index (χ2v) is 7.78. The van der Waals surface area contributed by atoms with Crippen LogP contribution in [-0.4, -0.2) is 66.0 Å². The number of hydrogen-bond donors (Lipinski definition) is 0. The number of carbonyl (C=O) groups is 2.